The summed E-state index contributed by atoms with van der Waals surface area (Å²) in [6.07, 6.45) is 1.48. The van der Waals surface area contributed by atoms with Crippen molar-refractivity contribution in [2.45, 2.75) is 18.7 Å². The average Bonchev–Trinajstić information content (AvgIpc) is 2.58. The van der Waals surface area contributed by atoms with Crippen molar-refractivity contribution in [1.82, 2.24) is 9.62 Å². The van der Waals surface area contributed by atoms with Crippen molar-refractivity contribution in [3.8, 4) is 0 Å². The molecule has 0 saturated carbocycles. The third-order valence-corrected chi connectivity index (χ3v) is 5.65. The van der Waals surface area contributed by atoms with Crippen molar-refractivity contribution in [3.63, 3.8) is 0 Å². The highest BCUT2D eigenvalue weighted by Gasteiger charge is 2.24. The lowest BCUT2D eigenvalue weighted by molar-refractivity contribution is -0.124. The first kappa shape index (κ1) is 21.1. The number of ether oxygens (including phenoxy) is 1. The molecule has 0 radical (unpaired) electrons. The van der Waals surface area contributed by atoms with Gasteiger partial charge in [-0.05, 0) is 18.2 Å². The third-order valence-electron chi connectivity index (χ3n) is 3.28. The molecule has 0 spiro atoms. The molecule has 1 amide bonds. The second kappa shape index (κ2) is 9.55. The monoisotopic (exact) mass is 388 g/mol. The van der Waals surface area contributed by atoms with Crippen LogP contribution in [0.2, 0.25) is 5.02 Å². The number of benzene rings is 1. The predicted molar refractivity (Wildman–Crippen MR) is 95.0 cm³/mol. The van der Waals surface area contributed by atoms with Crippen molar-refractivity contribution >= 4 is 33.5 Å². The Labute approximate surface area is 152 Å². The van der Waals surface area contributed by atoms with E-state index in [9.17, 15) is 18.0 Å². The van der Waals surface area contributed by atoms with Crippen LogP contribution >= 0.6 is 11.6 Å². The van der Waals surface area contributed by atoms with Gasteiger partial charge in [-0.25, -0.2) is 13.2 Å². The Morgan fingerprint density at radius 2 is 1.96 bits per heavy atom. The van der Waals surface area contributed by atoms with Crippen molar-refractivity contribution in [1.29, 1.82) is 0 Å². The number of esters is 1. The van der Waals surface area contributed by atoms with Crippen molar-refractivity contribution in [3.05, 3.63) is 41.4 Å². The fraction of sp³-hybridized carbons (Fsp3) is 0.375. The molecule has 0 saturated heterocycles. The number of amides is 1. The van der Waals surface area contributed by atoms with E-state index in [-0.39, 0.29) is 22.0 Å². The van der Waals surface area contributed by atoms with Crippen LogP contribution in [0.3, 0.4) is 0 Å². The van der Waals surface area contributed by atoms with Crippen LogP contribution in [0.1, 0.15) is 24.2 Å². The van der Waals surface area contributed by atoms with Crippen LogP contribution < -0.4 is 5.32 Å². The minimum Gasteiger partial charge on any atom is -0.452 e. The molecular formula is C16H21ClN2O5S. The summed E-state index contributed by atoms with van der Waals surface area (Å²) in [6.45, 7) is 7.21. The normalized spacial score (nSPS) is 11.2. The first-order valence-corrected chi connectivity index (χ1v) is 9.44. The number of hydrogen-bond donors (Lipinski definition) is 1. The van der Waals surface area contributed by atoms with E-state index in [1.54, 1.807) is 13.8 Å². The fourth-order valence-corrected chi connectivity index (χ4v) is 3.66. The highest BCUT2D eigenvalue weighted by Crippen LogP contribution is 2.23. The maximum atomic E-state index is 12.5. The molecule has 1 rings (SSSR count). The van der Waals surface area contributed by atoms with Gasteiger partial charge >= 0.3 is 5.97 Å². The van der Waals surface area contributed by atoms with Gasteiger partial charge in [-0.2, -0.15) is 4.31 Å². The zero-order valence-electron chi connectivity index (χ0n) is 14.1. The van der Waals surface area contributed by atoms with Crippen molar-refractivity contribution in [2.24, 2.45) is 0 Å². The number of rotatable bonds is 9. The molecule has 9 heteroatoms. The number of hydrogen-bond acceptors (Lipinski definition) is 5. The van der Waals surface area contributed by atoms with E-state index in [2.05, 4.69) is 11.9 Å². The van der Waals surface area contributed by atoms with Crippen LogP contribution in [0, 0.1) is 0 Å². The van der Waals surface area contributed by atoms with Gasteiger partial charge in [0, 0.05) is 19.6 Å². The molecule has 25 heavy (non-hydrogen) atoms. The molecule has 138 valence electrons. The molecule has 0 aliphatic heterocycles. The molecule has 1 aromatic rings. The maximum Gasteiger partial charge on any atom is 0.340 e. The Hall–Kier alpha value is -1.90. The Bertz CT molecular complexity index is 745. The van der Waals surface area contributed by atoms with Gasteiger partial charge in [0.15, 0.2) is 6.61 Å². The lowest BCUT2D eigenvalue weighted by Crippen LogP contribution is -2.31. The maximum absolute atomic E-state index is 12.5. The SMILES string of the molecule is C=CCNC(=O)COC(=O)c1cc(S(=O)(=O)N(CC)CC)ccc1Cl. The Balaban J connectivity index is 3.00. The topological polar surface area (TPSA) is 92.8 Å². The van der Waals surface area contributed by atoms with Gasteiger partial charge < -0.3 is 10.1 Å². The summed E-state index contributed by atoms with van der Waals surface area (Å²) in [4.78, 5) is 23.5. The van der Waals surface area contributed by atoms with Crippen LogP contribution in [0.5, 0.6) is 0 Å². The number of nitrogens with zero attached hydrogens (tertiary/aromatic N) is 1. The zero-order valence-corrected chi connectivity index (χ0v) is 15.7. The first-order chi connectivity index (χ1) is 11.8. The summed E-state index contributed by atoms with van der Waals surface area (Å²) in [6, 6.07) is 3.79. The lowest BCUT2D eigenvalue weighted by atomic mass is 10.2. The van der Waals surface area contributed by atoms with Gasteiger partial charge in [0.2, 0.25) is 10.0 Å². The Morgan fingerprint density at radius 3 is 2.52 bits per heavy atom. The van der Waals surface area contributed by atoms with E-state index in [1.165, 1.54) is 22.5 Å². The summed E-state index contributed by atoms with van der Waals surface area (Å²) in [5.41, 5.74) is -0.119. The summed E-state index contributed by atoms with van der Waals surface area (Å²) in [5, 5.41) is 2.49. The van der Waals surface area contributed by atoms with E-state index in [0.717, 1.165) is 6.07 Å². The number of halogens is 1. The fourth-order valence-electron chi connectivity index (χ4n) is 1.98. The number of carbonyl (C=O) groups excluding carboxylic acids is 2. The van der Waals surface area contributed by atoms with Crippen molar-refractivity contribution < 1.29 is 22.7 Å². The summed E-state index contributed by atoms with van der Waals surface area (Å²) < 4.78 is 31.2. The molecule has 0 aliphatic carbocycles. The van der Waals surface area contributed by atoms with Crippen molar-refractivity contribution in [2.75, 3.05) is 26.2 Å². The predicted octanol–water partition coefficient (Wildman–Crippen LogP) is 1.83. The smallest absolute Gasteiger partial charge is 0.340 e. The van der Waals surface area contributed by atoms with E-state index in [4.69, 9.17) is 16.3 Å². The van der Waals surface area contributed by atoms with Crippen LogP contribution in [0.4, 0.5) is 0 Å². The second-order valence-electron chi connectivity index (χ2n) is 4.90. The largest absolute Gasteiger partial charge is 0.452 e. The molecule has 0 aromatic heterocycles. The third kappa shape index (κ3) is 5.55. The van der Waals surface area contributed by atoms with Crippen LogP contribution in [0.15, 0.2) is 35.7 Å². The van der Waals surface area contributed by atoms with Gasteiger partial charge in [0.1, 0.15) is 0 Å². The minimum absolute atomic E-state index is 0.0370. The summed E-state index contributed by atoms with van der Waals surface area (Å²) >= 11 is 5.96. The van der Waals surface area contributed by atoms with Gasteiger partial charge in [0.25, 0.3) is 5.91 Å². The Morgan fingerprint density at radius 1 is 1.32 bits per heavy atom. The van der Waals surface area contributed by atoms with E-state index < -0.39 is 28.5 Å². The van der Waals surface area contributed by atoms with E-state index >= 15 is 0 Å². The van der Waals surface area contributed by atoms with E-state index in [0.29, 0.717) is 13.1 Å². The summed E-state index contributed by atoms with van der Waals surface area (Å²) in [5.74, 6) is -1.38. The number of sulfonamides is 1. The number of carbonyl (C=O) groups is 2. The highest BCUT2D eigenvalue weighted by atomic mass is 35.5. The van der Waals surface area contributed by atoms with Crippen LogP contribution in [0.25, 0.3) is 0 Å². The molecule has 0 heterocycles. The van der Waals surface area contributed by atoms with Gasteiger partial charge in [-0.3, -0.25) is 4.79 Å². The first-order valence-electron chi connectivity index (χ1n) is 7.62. The highest BCUT2D eigenvalue weighted by molar-refractivity contribution is 7.89. The molecule has 7 nitrogen and oxygen atoms in total. The van der Waals surface area contributed by atoms with Gasteiger partial charge in [-0.15, -0.1) is 6.58 Å². The standard InChI is InChI=1S/C16H21ClN2O5S/c1-4-9-18-15(20)11-24-16(21)13-10-12(7-8-14(13)17)25(22,23)19(5-2)6-3/h4,7-8,10H,1,5-6,9,11H2,2-3H3,(H,18,20). The lowest BCUT2D eigenvalue weighted by Gasteiger charge is -2.19. The Kier molecular flexibility index (Phi) is 8.08. The molecular weight excluding hydrogens is 368 g/mol. The summed E-state index contributed by atoms with van der Waals surface area (Å²) in [7, 11) is -3.74. The molecule has 0 fully saturated rings. The number of nitrogens with one attached hydrogen (secondary N) is 1. The minimum atomic E-state index is -3.74. The molecule has 0 bridgehead atoms. The van der Waals surface area contributed by atoms with Gasteiger partial charge in [0.05, 0.1) is 15.5 Å². The average molecular weight is 389 g/mol. The van der Waals surface area contributed by atoms with Crippen LogP contribution in [-0.2, 0) is 19.6 Å². The zero-order chi connectivity index (χ0) is 19.0. The van der Waals surface area contributed by atoms with Gasteiger partial charge in [-0.1, -0.05) is 31.5 Å². The van der Waals surface area contributed by atoms with Crippen LogP contribution in [-0.4, -0.2) is 50.8 Å². The quantitative estimate of drug-likeness (QED) is 0.514. The molecule has 1 aromatic carbocycles. The molecule has 1 N–H and O–H groups in total. The molecule has 0 unspecified atom stereocenters. The molecule has 0 atom stereocenters. The molecule has 0 aliphatic rings. The second-order valence-corrected chi connectivity index (χ2v) is 7.25. The van der Waals surface area contributed by atoms with E-state index in [1.807, 2.05) is 0 Å².